The van der Waals surface area contributed by atoms with Gasteiger partial charge >= 0.3 is 0 Å². The first-order chi connectivity index (χ1) is 8.70. The molecule has 0 saturated heterocycles. The van der Waals surface area contributed by atoms with Crippen molar-refractivity contribution in [3.63, 3.8) is 0 Å². The molecule has 0 radical (unpaired) electrons. The Kier molecular flexibility index (Phi) is 3.42. The second kappa shape index (κ2) is 5.17. The van der Waals surface area contributed by atoms with Crippen LogP contribution < -0.4 is 11.1 Å². The molecule has 7 nitrogen and oxygen atoms in total. The molecule has 0 amide bonds. The summed E-state index contributed by atoms with van der Waals surface area (Å²) in [7, 11) is 0. The highest BCUT2D eigenvalue weighted by Crippen LogP contribution is 2.06. The molecule has 0 aliphatic carbocycles. The fraction of sp³-hybridized carbons (Fsp3) is 0.182. The van der Waals surface area contributed by atoms with Crippen LogP contribution in [0.1, 0.15) is 16.8 Å². The molecule has 1 aromatic carbocycles. The van der Waals surface area contributed by atoms with E-state index in [4.69, 9.17) is 10.9 Å². The van der Waals surface area contributed by atoms with E-state index in [2.05, 4.69) is 25.4 Å². The number of nitrogens with zero attached hydrogens (tertiary/aromatic N) is 3. The Hall–Kier alpha value is -2.57. The van der Waals surface area contributed by atoms with E-state index >= 15 is 0 Å². The number of aromatic nitrogens is 2. The molecule has 0 atom stereocenters. The average molecular weight is 247 g/mol. The zero-order chi connectivity index (χ0) is 13.0. The lowest BCUT2D eigenvalue weighted by Gasteiger charge is -2.06. The van der Waals surface area contributed by atoms with E-state index in [1.807, 2.05) is 31.2 Å². The number of benzene rings is 1. The van der Waals surface area contributed by atoms with Crippen LogP contribution in [0.15, 0.2) is 34.1 Å². The Bertz CT molecular complexity index is 547. The lowest BCUT2D eigenvalue weighted by Crippen LogP contribution is -2.25. The number of hydrogen-bond acceptors (Lipinski definition) is 6. The zero-order valence-corrected chi connectivity index (χ0v) is 9.79. The van der Waals surface area contributed by atoms with Crippen LogP contribution in [0, 0.1) is 6.92 Å². The molecule has 0 bridgehead atoms. The maximum atomic E-state index is 8.90. The summed E-state index contributed by atoms with van der Waals surface area (Å²) in [6.07, 6.45) is 0. The highest BCUT2D eigenvalue weighted by Gasteiger charge is 2.14. The summed E-state index contributed by atoms with van der Waals surface area (Å²) in [4.78, 5) is 0. The lowest BCUT2D eigenvalue weighted by molar-refractivity contribution is 0.304. The number of rotatable bonds is 3. The van der Waals surface area contributed by atoms with Crippen LogP contribution in [-0.4, -0.2) is 21.4 Å². The smallest absolute Gasteiger partial charge is 0.199 e. The topological polar surface area (TPSA) is 110 Å². The molecule has 7 heteroatoms. The van der Waals surface area contributed by atoms with Gasteiger partial charge in [-0.25, -0.2) is 4.63 Å². The SMILES string of the molecule is Cc1ccc(CN/C(=N\O)c2nonc2N)cc1. The van der Waals surface area contributed by atoms with Crippen molar-refractivity contribution >= 4 is 11.7 Å². The number of amidine groups is 1. The van der Waals surface area contributed by atoms with Crippen LogP contribution in [0.3, 0.4) is 0 Å². The average Bonchev–Trinajstić information content (AvgIpc) is 2.79. The Labute approximate surface area is 103 Å². The summed E-state index contributed by atoms with van der Waals surface area (Å²) in [5.41, 5.74) is 7.91. The first-order valence-corrected chi connectivity index (χ1v) is 5.30. The molecule has 4 N–H and O–H groups in total. The van der Waals surface area contributed by atoms with Crippen molar-refractivity contribution < 1.29 is 9.84 Å². The van der Waals surface area contributed by atoms with Crippen LogP contribution in [0.2, 0.25) is 0 Å². The van der Waals surface area contributed by atoms with Crippen molar-refractivity contribution in [2.45, 2.75) is 13.5 Å². The summed E-state index contributed by atoms with van der Waals surface area (Å²) in [6.45, 7) is 2.49. The second-order valence-corrected chi connectivity index (χ2v) is 3.79. The van der Waals surface area contributed by atoms with Crippen LogP contribution in [0.25, 0.3) is 0 Å². The number of aryl methyl sites for hydroxylation is 1. The van der Waals surface area contributed by atoms with Crippen molar-refractivity contribution in [1.82, 2.24) is 15.6 Å². The normalized spacial score (nSPS) is 11.5. The number of nitrogens with two attached hydrogens (primary N) is 1. The van der Waals surface area contributed by atoms with Crippen LogP contribution in [-0.2, 0) is 6.54 Å². The quantitative estimate of drug-likeness (QED) is 0.321. The number of nitrogen functional groups attached to an aromatic ring is 1. The third-order valence-corrected chi connectivity index (χ3v) is 2.42. The van der Waals surface area contributed by atoms with Gasteiger partial charge in [0.25, 0.3) is 0 Å². The van der Waals surface area contributed by atoms with Crippen molar-refractivity contribution in [1.29, 1.82) is 0 Å². The molecular formula is C11H13N5O2. The second-order valence-electron chi connectivity index (χ2n) is 3.79. The molecular weight excluding hydrogens is 234 g/mol. The molecule has 2 rings (SSSR count). The summed E-state index contributed by atoms with van der Waals surface area (Å²) >= 11 is 0. The van der Waals surface area contributed by atoms with Crippen molar-refractivity contribution in [2.75, 3.05) is 5.73 Å². The Morgan fingerprint density at radius 2 is 2.11 bits per heavy atom. The summed E-state index contributed by atoms with van der Waals surface area (Å²) in [5, 5.41) is 21.9. The third kappa shape index (κ3) is 2.57. The fourth-order valence-electron chi connectivity index (χ4n) is 1.42. The largest absolute Gasteiger partial charge is 0.409 e. The van der Waals surface area contributed by atoms with Gasteiger partial charge in [-0.2, -0.15) is 0 Å². The van der Waals surface area contributed by atoms with E-state index in [-0.39, 0.29) is 17.3 Å². The van der Waals surface area contributed by atoms with Gasteiger partial charge in [0.1, 0.15) is 0 Å². The fourth-order valence-corrected chi connectivity index (χ4v) is 1.42. The van der Waals surface area contributed by atoms with Crippen LogP contribution in [0.4, 0.5) is 5.82 Å². The molecule has 2 aromatic rings. The predicted molar refractivity (Wildman–Crippen MR) is 65.1 cm³/mol. The summed E-state index contributed by atoms with van der Waals surface area (Å²) < 4.78 is 4.44. The van der Waals surface area contributed by atoms with E-state index in [1.54, 1.807) is 0 Å². The molecule has 0 spiro atoms. The molecule has 0 fully saturated rings. The van der Waals surface area contributed by atoms with Crippen molar-refractivity contribution in [3.05, 3.63) is 41.1 Å². The van der Waals surface area contributed by atoms with Gasteiger partial charge in [-0.05, 0) is 22.8 Å². The van der Waals surface area contributed by atoms with E-state index in [9.17, 15) is 0 Å². The molecule has 18 heavy (non-hydrogen) atoms. The molecule has 0 unspecified atom stereocenters. The zero-order valence-electron chi connectivity index (χ0n) is 9.79. The molecule has 1 aromatic heterocycles. The molecule has 0 saturated carbocycles. The van der Waals surface area contributed by atoms with Gasteiger partial charge in [-0.15, -0.1) is 0 Å². The molecule has 0 aliphatic rings. The van der Waals surface area contributed by atoms with Gasteiger partial charge < -0.3 is 16.3 Å². The number of anilines is 1. The highest BCUT2D eigenvalue weighted by molar-refractivity contribution is 5.99. The molecule has 0 aliphatic heterocycles. The highest BCUT2D eigenvalue weighted by atomic mass is 16.6. The standard InChI is InChI=1S/C11H13N5O2/c1-7-2-4-8(5-3-7)6-13-11(14-17)9-10(12)16-18-15-9/h2-5,17H,6H2,1H3,(H2,12,16)(H,13,14). The van der Waals surface area contributed by atoms with Crippen molar-refractivity contribution in [2.24, 2.45) is 5.16 Å². The molecule has 1 heterocycles. The Morgan fingerprint density at radius 1 is 1.39 bits per heavy atom. The third-order valence-electron chi connectivity index (χ3n) is 2.42. The van der Waals surface area contributed by atoms with Gasteiger partial charge in [-0.1, -0.05) is 35.0 Å². The van der Waals surface area contributed by atoms with Gasteiger partial charge in [0.15, 0.2) is 17.3 Å². The van der Waals surface area contributed by atoms with Crippen molar-refractivity contribution in [3.8, 4) is 0 Å². The maximum absolute atomic E-state index is 8.90. The van der Waals surface area contributed by atoms with E-state index in [0.717, 1.165) is 5.56 Å². The predicted octanol–water partition coefficient (Wildman–Crippen LogP) is 0.886. The van der Waals surface area contributed by atoms with Gasteiger partial charge in [0, 0.05) is 6.54 Å². The summed E-state index contributed by atoms with van der Waals surface area (Å²) in [6, 6.07) is 7.95. The minimum Gasteiger partial charge on any atom is -0.409 e. The Morgan fingerprint density at radius 3 is 2.67 bits per heavy atom. The van der Waals surface area contributed by atoms with Gasteiger partial charge in [-0.3, -0.25) is 0 Å². The van der Waals surface area contributed by atoms with Gasteiger partial charge in [0.05, 0.1) is 0 Å². The summed E-state index contributed by atoms with van der Waals surface area (Å²) in [5.74, 6) is 0.188. The van der Waals surface area contributed by atoms with Gasteiger partial charge in [0.2, 0.25) is 0 Å². The lowest BCUT2D eigenvalue weighted by atomic mass is 10.1. The maximum Gasteiger partial charge on any atom is 0.199 e. The van der Waals surface area contributed by atoms with E-state index in [0.29, 0.717) is 6.54 Å². The minimum absolute atomic E-state index is 0.0687. The first-order valence-electron chi connectivity index (χ1n) is 5.30. The number of hydrogen-bond donors (Lipinski definition) is 3. The number of oxime groups is 1. The monoisotopic (exact) mass is 247 g/mol. The Balaban J connectivity index is 2.05. The molecule has 94 valence electrons. The van der Waals surface area contributed by atoms with Crippen LogP contribution >= 0.6 is 0 Å². The minimum atomic E-state index is 0.0687. The first kappa shape index (κ1) is 11.9. The number of nitrogens with one attached hydrogen (secondary N) is 1. The van der Waals surface area contributed by atoms with E-state index < -0.39 is 0 Å². The van der Waals surface area contributed by atoms with E-state index in [1.165, 1.54) is 5.56 Å². The van der Waals surface area contributed by atoms with Crippen LogP contribution in [0.5, 0.6) is 0 Å².